The van der Waals surface area contributed by atoms with Crippen LogP contribution in [0.3, 0.4) is 0 Å². The molecule has 38 heavy (non-hydrogen) atoms. The molecule has 1 aromatic heterocycles. The molecule has 9 nitrogen and oxygen atoms in total. The standard InChI is InChI=1S/C29H34N4O5/c1-5-6-15-38-23-13-11-22(12-14-23)17-33-26(34)25-24(27(35)37-4)31-19-32(25)18-29(33,3)28(36)30-16-21-9-7-20(2)8-10-21/h7-14,19H,5-6,15-18H2,1-4H3,(H,30,36)/t29-/m0/s1. The molecule has 0 spiro atoms. The van der Waals surface area contributed by atoms with Crippen molar-refractivity contribution in [1.82, 2.24) is 19.8 Å². The monoisotopic (exact) mass is 518 g/mol. The minimum atomic E-state index is -1.24. The van der Waals surface area contributed by atoms with Gasteiger partial charge in [-0.25, -0.2) is 9.78 Å². The van der Waals surface area contributed by atoms with Gasteiger partial charge in [0.05, 0.1) is 26.6 Å². The molecule has 1 aliphatic heterocycles. The lowest BCUT2D eigenvalue weighted by atomic mass is 9.93. The number of nitrogens with zero attached hydrogens (tertiary/aromatic N) is 3. The number of ether oxygens (including phenoxy) is 2. The Balaban J connectivity index is 1.62. The van der Waals surface area contributed by atoms with Gasteiger partial charge in [-0.2, -0.15) is 0 Å². The fourth-order valence-electron chi connectivity index (χ4n) is 4.47. The molecule has 0 unspecified atom stereocenters. The van der Waals surface area contributed by atoms with Crippen molar-refractivity contribution in [2.24, 2.45) is 0 Å². The molecular formula is C29H34N4O5. The zero-order chi connectivity index (χ0) is 27.3. The van der Waals surface area contributed by atoms with Gasteiger partial charge in [-0.3, -0.25) is 9.59 Å². The Bertz CT molecular complexity index is 1300. The normalized spacial score (nSPS) is 16.6. The Kier molecular flexibility index (Phi) is 8.14. The zero-order valence-electron chi connectivity index (χ0n) is 22.3. The van der Waals surface area contributed by atoms with Gasteiger partial charge in [0.25, 0.3) is 5.91 Å². The van der Waals surface area contributed by atoms with E-state index in [9.17, 15) is 14.4 Å². The number of aromatic nitrogens is 2. The van der Waals surface area contributed by atoms with E-state index in [4.69, 9.17) is 9.47 Å². The Morgan fingerprint density at radius 1 is 1.08 bits per heavy atom. The van der Waals surface area contributed by atoms with Crippen molar-refractivity contribution < 1.29 is 23.9 Å². The van der Waals surface area contributed by atoms with E-state index in [2.05, 4.69) is 17.2 Å². The van der Waals surface area contributed by atoms with Gasteiger partial charge in [0, 0.05) is 13.1 Å². The quantitative estimate of drug-likeness (QED) is 0.323. The van der Waals surface area contributed by atoms with Gasteiger partial charge in [-0.1, -0.05) is 55.3 Å². The lowest BCUT2D eigenvalue weighted by Crippen LogP contribution is -2.63. The Morgan fingerprint density at radius 3 is 2.42 bits per heavy atom. The number of esters is 1. The number of amides is 2. The van der Waals surface area contributed by atoms with E-state index in [0.29, 0.717) is 13.2 Å². The molecule has 1 atom stereocenters. The van der Waals surface area contributed by atoms with E-state index >= 15 is 0 Å². The van der Waals surface area contributed by atoms with E-state index in [1.807, 2.05) is 55.5 Å². The molecule has 0 fully saturated rings. The maximum atomic E-state index is 13.8. The van der Waals surface area contributed by atoms with Gasteiger partial charge in [0.15, 0.2) is 5.69 Å². The predicted octanol–water partition coefficient (Wildman–Crippen LogP) is 3.89. The average molecular weight is 519 g/mol. The lowest BCUT2D eigenvalue weighted by molar-refractivity contribution is -0.133. The van der Waals surface area contributed by atoms with Crippen LogP contribution in [0.1, 0.15) is 64.4 Å². The summed E-state index contributed by atoms with van der Waals surface area (Å²) in [5, 5.41) is 3.00. The largest absolute Gasteiger partial charge is 0.494 e. The molecule has 200 valence electrons. The highest BCUT2D eigenvalue weighted by molar-refractivity contribution is 6.06. The summed E-state index contributed by atoms with van der Waals surface area (Å²) in [5.41, 5.74) is 1.72. The van der Waals surface area contributed by atoms with E-state index in [1.165, 1.54) is 18.3 Å². The first-order valence-corrected chi connectivity index (χ1v) is 12.8. The van der Waals surface area contributed by atoms with E-state index < -0.39 is 17.4 Å². The third-order valence-electron chi connectivity index (χ3n) is 6.83. The SMILES string of the molecule is CCCCOc1ccc(CN2C(=O)c3c(C(=O)OC)ncn3C[C@@]2(C)C(=O)NCc2ccc(C)cc2)cc1. The second kappa shape index (κ2) is 11.5. The molecule has 1 aliphatic rings. The number of aryl methyl sites for hydroxylation is 1. The van der Waals surface area contributed by atoms with E-state index in [1.54, 1.807) is 11.5 Å². The van der Waals surface area contributed by atoms with Crippen LogP contribution in [0, 0.1) is 6.92 Å². The Hall–Kier alpha value is -4.14. The molecule has 0 saturated heterocycles. The molecule has 0 saturated carbocycles. The van der Waals surface area contributed by atoms with Crippen LogP contribution in [-0.2, 0) is 29.2 Å². The third kappa shape index (κ3) is 5.56. The first-order valence-electron chi connectivity index (χ1n) is 12.8. The smallest absolute Gasteiger partial charge is 0.359 e. The number of rotatable bonds is 10. The number of unbranched alkanes of at least 4 members (excludes halogenated alkanes) is 1. The van der Waals surface area contributed by atoms with Crippen LogP contribution in [0.15, 0.2) is 54.9 Å². The zero-order valence-corrected chi connectivity index (χ0v) is 22.3. The summed E-state index contributed by atoms with van der Waals surface area (Å²) in [4.78, 5) is 45.5. The summed E-state index contributed by atoms with van der Waals surface area (Å²) < 4.78 is 12.1. The highest BCUT2D eigenvalue weighted by atomic mass is 16.5. The Labute approximate surface area is 222 Å². The minimum absolute atomic E-state index is 0.0655. The van der Waals surface area contributed by atoms with Crippen LogP contribution in [-0.4, -0.2) is 51.5 Å². The molecule has 2 heterocycles. The van der Waals surface area contributed by atoms with Crippen molar-refractivity contribution in [3.8, 4) is 5.75 Å². The summed E-state index contributed by atoms with van der Waals surface area (Å²) in [5.74, 6) is -0.722. The molecule has 1 N–H and O–H groups in total. The number of carbonyl (C=O) groups is 3. The van der Waals surface area contributed by atoms with Crippen LogP contribution in [0.25, 0.3) is 0 Å². The molecule has 0 radical (unpaired) electrons. The van der Waals surface area contributed by atoms with Crippen molar-refractivity contribution in [2.45, 2.75) is 58.8 Å². The van der Waals surface area contributed by atoms with Gasteiger partial charge in [-0.05, 0) is 43.5 Å². The van der Waals surface area contributed by atoms with Crippen LogP contribution >= 0.6 is 0 Å². The second-order valence-corrected chi connectivity index (χ2v) is 9.74. The summed E-state index contributed by atoms with van der Waals surface area (Å²) >= 11 is 0. The number of fused-ring (bicyclic) bond motifs is 1. The van der Waals surface area contributed by atoms with Crippen LogP contribution in [0.5, 0.6) is 5.75 Å². The van der Waals surface area contributed by atoms with Crippen LogP contribution in [0.2, 0.25) is 0 Å². The van der Waals surface area contributed by atoms with Crippen molar-refractivity contribution in [1.29, 1.82) is 0 Å². The summed E-state index contributed by atoms with van der Waals surface area (Å²) in [7, 11) is 1.24. The molecule has 2 amide bonds. The van der Waals surface area contributed by atoms with Crippen LogP contribution in [0.4, 0.5) is 0 Å². The van der Waals surface area contributed by atoms with E-state index in [0.717, 1.165) is 35.3 Å². The molecule has 4 rings (SSSR count). The molecule has 2 aromatic carbocycles. The lowest BCUT2D eigenvalue weighted by Gasteiger charge is -2.43. The number of hydrogen-bond donors (Lipinski definition) is 1. The number of methoxy groups -OCH3 is 1. The van der Waals surface area contributed by atoms with Gasteiger partial charge in [0.1, 0.15) is 17.0 Å². The van der Waals surface area contributed by atoms with Crippen molar-refractivity contribution in [3.63, 3.8) is 0 Å². The summed E-state index contributed by atoms with van der Waals surface area (Å²) in [6.45, 7) is 7.10. The van der Waals surface area contributed by atoms with Gasteiger partial charge in [-0.15, -0.1) is 0 Å². The van der Waals surface area contributed by atoms with Crippen LogP contribution < -0.4 is 10.1 Å². The highest BCUT2D eigenvalue weighted by Gasteiger charge is 2.48. The minimum Gasteiger partial charge on any atom is -0.494 e. The number of carbonyl (C=O) groups excluding carboxylic acids is 3. The molecular weight excluding hydrogens is 484 g/mol. The maximum Gasteiger partial charge on any atom is 0.359 e. The number of imidazole rings is 1. The fraction of sp³-hybridized carbons (Fsp3) is 0.379. The fourth-order valence-corrected chi connectivity index (χ4v) is 4.47. The van der Waals surface area contributed by atoms with Gasteiger partial charge >= 0.3 is 5.97 Å². The number of nitrogens with one attached hydrogen (secondary N) is 1. The maximum absolute atomic E-state index is 13.8. The Morgan fingerprint density at radius 2 is 1.76 bits per heavy atom. The van der Waals surface area contributed by atoms with Crippen molar-refractivity contribution in [2.75, 3.05) is 13.7 Å². The third-order valence-corrected chi connectivity index (χ3v) is 6.83. The molecule has 3 aromatic rings. The molecule has 0 bridgehead atoms. The first kappa shape index (κ1) is 26.9. The van der Waals surface area contributed by atoms with Gasteiger partial charge in [0.2, 0.25) is 5.91 Å². The van der Waals surface area contributed by atoms with E-state index in [-0.39, 0.29) is 30.4 Å². The highest BCUT2D eigenvalue weighted by Crippen LogP contribution is 2.31. The average Bonchev–Trinajstić information content (AvgIpc) is 3.34. The number of benzene rings is 2. The summed E-state index contributed by atoms with van der Waals surface area (Å²) in [6.07, 6.45) is 3.42. The van der Waals surface area contributed by atoms with Crippen molar-refractivity contribution in [3.05, 3.63) is 82.9 Å². The predicted molar refractivity (Wildman–Crippen MR) is 142 cm³/mol. The topological polar surface area (TPSA) is 103 Å². The van der Waals surface area contributed by atoms with Gasteiger partial charge < -0.3 is 24.3 Å². The first-order chi connectivity index (χ1) is 18.3. The molecule has 0 aliphatic carbocycles. The van der Waals surface area contributed by atoms with Crippen molar-refractivity contribution >= 4 is 17.8 Å². The second-order valence-electron chi connectivity index (χ2n) is 9.74. The number of hydrogen-bond acceptors (Lipinski definition) is 6. The molecule has 9 heteroatoms. The summed E-state index contributed by atoms with van der Waals surface area (Å²) in [6, 6.07) is 15.4.